The smallest absolute Gasteiger partial charge is 0.368 e. The van der Waals surface area contributed by atoms with Gasteiger partial charge >= 0.3 is 6.18 Å². The van der Waals surface area contributed by atoms with Crippen LogP contribution in [0.1, 0.15) is 24.9 Å². The van der Waals surface area contributed by atoms with Crippen LogP contribution in [-0.2, 0) is 17.6 Å². The number of nitrogens with zero attached hydrogens (tertiary/aromatic N) is 6. The average Bonchev–Trinajstić information content (AvgIpc) is 3.29. The van der Waals surface area contributed by atoms with Gasteiger partial charge in [0.1, 0.15) is 6.73 Å². The van der Waals surface area contributed by atoms with Gasteiger partial charge in [0, 0.05) is 39.5 Å². The van der Waals surface area contributed by atoms with Crippen LogP contribution in [0.4, 0.5) is 18.9 Å². The minimum Gasteiger partial charge on any atom is -0.368 e. The fourth-order valence-corrected chi connectivity index (χ4v) is 4.36. The van der Waals surface area contributed by atoms with Gasteiger partial charge in [0.05, 0.1) is 22.9 Å². The summed E-state index contributed by atoms with van der Waals surface area (Å²) in [6, 6.07) is 4.96. The lowest BCUT2D eigenvalue weighted by molar-refractivity contribution is -0.149. The third-order valence-corrected chi connectivity index (χ3v) is 7.33. The maximum Gasteiger partial charge on any atom is 0.451 e. The zero-order valence-electron chi connectivity index (χ0n) is 19.1. The van der Waals surface area contributed by atoms with Crippen LogP contribution in [0.15, 0.2) is 12.3 Å². The second kappa shape index (κ2) is 8.82. The summed E-state index contributed by atoms with van der Waals surface area (Å²) in [6.45, 7) is 11.6. The zero-order chi connectivity index (χ0) is 23.7. The van der Waals surface area contributed by atoms with Crippen LogP contribution in [0, 0.1) is 23.7 Å². The van der Waals surface area contributed by atoms with Crippen LogP contribution < -0.4 is 4.90 Å². The van der Waals surface area contributed by atoms with Crippen molar-refractivity contribution in [3.8, 4) is 17.5 Å². The first kappa shape index (κ1) is 24.2. The molecule has 0 bridgehead atoms. The number of aryl methyl sites for hydroxylation is 1. The van der Waals surface area contributed by atoms with E-state index in [1.54, 1.807) is 6.07 Å². The highest BCUT2D eigenvalue weighted by Gasteiger charge is 2.39. The third-order valence-electron chi connectivity index (χ3n) is 5.62. The summed E-state index contributed by atoms with van der Waals surface area (Å²) < 4.78 is 47.2. The van der Waals surface area contributed by atoms with Gasteiger partial charge in [-0.2, -0.15) is 18.4 Å². The Morgan fingerprint density at radius 2 is 2.00 bits per heavy atom. The fourth-order valence-electron chi connectivity index (χ4n) is 3.60. The van der Waals surface area contributed by atoms with Crippen molar-refractivity contribution in [3.05, 3.63) is 23.8 Å². The zero-order valence-corrected chi connectivity index (χ0v) is 20.1. The lowest BCUT2D eigenvalue weighted by Crippen LogP contribution is -2.24. The molecule has 0 aromatic carbocycles. The minimum absolute atomic E-state index is 0.0568. The van der Waals surface area contributed by atoms with Crippen molar-refractivity contribution in [1.82, 2.24) is 19.7 Å². The molecular formula is C21H29F3N6OSi. The minimum atomic E-state index is -4.65. The maximum atomic E-state index is 13.6. The van der Waals surface area contributed by atoms with Gasteiger partial charge in [-0.3, -0.25) is 9.55 Å². The van der Waals surface area contributed by atoms with E-state index in [9.17, 15) is 18.4 Å². The van der Waals surface area contributed by atoms with E-state index >= 15 is 0 Å². The summed E-state index contributed by atoms with van der Waals surface area (Å²) in [5, 5.41) is 16.7. The van der Waals surface area contributed by atoms with Gasteiger partial charge in [-0.05, 0) is 32.4 Å². The van der Waals surface area contributed by atoms with Crippen LogP contribution in [0.5, 0.6) is 0 Å². The van der Waals surface area contributed by atoms with E-state index in [1.165, 1.54) is 6.20 Å². The number of nitriles is 1. The van der Waals surface area contributed by atoms with E-state index in [4.69, 9.17) is 4.74 Å². The van der Waals surface area contributed by atoms with Gasteiger partial charge in [0.25, 0.3) is 0 Å². The average molecular weight is 467 g/mol. The van der Waals surface area contributed by atoms with Crippen LogP contribution in [-0.4, -0.2) is 47.5 Å². The Balaban J connectivity index is 1.92. The molecular weight excluding hydrogens is 437 g/mol. The highest BCUT2D eigenvalue weighted by atomic mass is 28.3. The molecule has 0 aliphatic carbocycles. The molecule has 7 nitrogen and oxygen atoms in total. The predicted octanol–water partition coefficient (Wildman–Crippen LogP) is 4.72. The van der Waals surface area contributed by atoms with E-state index in [2.05, 4.69) is 40.9 Å². The summed E-state index contributed by atoms with van der Waals surface area (Å²) in [7, 11) is -1.38. The predicted molar refractivity (Wildman–Crippen MR) is 118 cm³/mol. The summed E-state index contributed by atoms with van der Waals surface area (Å²) >= 11 is 0. The fraction of sp³-hybridized carbons (Fsp3) is 0.619. The molecule has 3 heterocycles. The van der Waals surface area contributed by atoms with E-state index < -0.39 is 25.5 Å². The van der Waals surface area contributed by atoms with Crippen LogP contribution in [0.2, 0.25) is 25.7 Å². The Morgan fingerprint density at radius 1 is 1.28 bits per heavy atom. The molecule has 0 amide bonds. The molecule has 0 radical (unpaired) electrons. The van der Waals surface area contributed by atoms with Crippen molar-refractivity contribution in [2.45, 2.75) is 58.9 Å². The van der Waals surface area contributed by atoms with Crippen molar-refractivity contribution >= 4 is 13.8 Å². The van der Waals surface area contributed by atoms with Gasteiger partial charge in [-0.1, -0.05) is 19.6 Å². The standard InChI is InChI=1S/C21H29F3N6OSi/c1-15-17(29-7-6-20(2,12-25)13-29)10-16(11-26-15)18-27-28-19(21(22,23)24)30(18)14-31-8-9-32(3,4)5/h10-11H,6-9,13-14H2,1-5H3. The number of aromatic nitrogens is 4. The molecule has 174 valence electrons. The number of anilines is 1. The first-order valence-electron chi connectivity index (χ1n) is 10.5. The summed E-state index contributed by atoms with van der Waals surface area (Å²) in [4.78, 5) is 6.44. The molecule has 3 rings (SSSR count). The van der Waals surface area contributed by atoms with Crippen molar-refractivity contribution < 1.29 is 17.9 Å². The molecule has 11 heteroatoms. The monoisotopic (exact) mass is 466 g/mol. The molecule has 0 saturated carbocycles. The first-order valence-corrected chi connectivity index (χ1v) is 14.3. The number of halogens is 3. The number of hydrogen-bond donors (Lipinski definition) is 0. The van der Waals surface area contributed by atoms with Crippen LogP contribution >= 0.6 is 0 Å². The summed E-state index contributed by atoms with van der Waals surface area (Å²) in [5.41, 5.74) is 1.48. The van der Waals surface area contributed by atoms with E-state index in [0.29, 0.717) is 31.7 Å². The molecule has 0 N–H and O–H groups in total. The van der Waals surface area contributed by atoms with E-state index in [-0.39, 0.29) is 12.6 Å². The summed E-state index contributed by atoms with van der Waals surface area (Å²) in [6.07, 6.45) is -2.44. The quantitative estimate of drug-likeness (QED) is 0.434. The Labute approximate surface area is 187 Å². The molecule has 1 fully saturated rings. The highest BCUT2D eigenvalue weighted by Crippen LogP contribution is 2.36. The molecule has 2 aromatic heterocycles. The van der Waals surface area contributed by atoms with Gasteiger partial charge in [0.2, 0.25) is 5.82 Å². The first-order chi connectivity index (χ1) is 14.8. The second-order valence-corrected chi connectivity index (χ2v) is 15.4. The van der Waals surface area contributed by atoms with Gasteiger partial charge in [-0.15, -0.1) is 10.2 Å². The Bertz CT molecular complexity index is 1010. The number of hydrogen-bond acceptors (Lipinski definition) is 6. The van der Waals surface area contributed by atoms with Crippen LogP contribution in [0.3, 0.4) is 0 Å². The molecule has 1 unspecified atom stereocenters. The topological polar surface area (TPSA) is 79.9 Å². The van der Waals surface area contributed by atoms with Gasteiger partial charge < -0.3 is 9.64 Å². The SMILES string of the molecule is Cc1ncc(-c2nnc(C(F)(F)F)n2COCC[Si](C)(C)C)cc1N1CCC(C)(C#N)C1. The Kier molecular flexibility index (Phi) is 6.67. The number of ether oxygens (including phenoxy) is 1. The Morgan fingerprint density at radius 3 is 2.59 bits per heavy atom. The number of alkyl halides is 3. The molecule has 1 atom stereocenters. The highest BCUT2D eigenvalue weighted by molar-refractivity contribution is 6.76. The van der Waals surface area contributed by atoms with Gasteiger partial charge in [-0.25, -0.2) is 0 Å². The maximum absolute atomic E-state index is 13.6. The molecule has 1 aliphatic rings. The molecule has 1 saturated heterocycles. The molecule has 2 aromatic rings. The lowest BCUT2D eigenvalue weighted by atomic mass is 9.92. The molecule has 1 aliphatic heterocycles. The van der Waals surface area contributed by atoms with Crippen LogP contribution in [0.25, 0.3) is 11.4 Å². The number of rotatable bonds is 7. The molecule has 32 heavy (non-hydrogen) atoms. The van der Waals surface area contributed by atoms with Crippen molar-refractivity contribution in [3.63, 3.8) is 0 Å². The van der Waals surface area contributed by atoms with E-state index in [0.717, 1.165) is 22.0 Å². The van der Waals surface area contributed by atoms with Crippen molar-refractivity contribution in [1.29, 1.82) is 5.26 Å². The van der Waals surface area contributed by atoms with Crippen molar-refractivity contribution in [2.75, 3.05) is 24.6 Å². The summed E-state index contributed by atoms with van der Waals surface area (Å²) in [5.74, 6) is -1.04. The van der Waals surface area contributed by atoms with Crippen molar-refractivity contribution in [2.24, 2.45) is 5.41 Å². The molecule has 0 spiro atoms. The lowest BCUT2D eigenvalue weighted by Gasteiger charge is -2.22. The Hall–Kier alpha value is -2.45. The normalized spacial score (nSPS) is 19.4. The van der Waals surface area contributed by atoms with E-state index in [1.807, 2.05) is 18.7 Å². The number of pyridine rings is 1. The van der Waals surface area contributed by atoms with Gasteiger partial charge in [0.15, 0.2) is 5.82 Å². The largest absolute Gasteiger partial charge is 0.451 e. The second-order valence-electron chi connectivity index (χ2n) is 9.79. The third kappa shape index (κ3) is 5.47.